The Labute approximate surface area is 230 Å². The molecular weight excluding hydrogens is 563 g/mol. The second kappa shape index (κ2) is 10.6. The smallest absolute Gasteiger partial charge is 0.239 e. The van der Waals surface area contributed by atoms with E-state index in [1.807, 2.05) is 4.90 Å². The summed E-state index contributed by atoms with van der Waals surface area (Å²) in [6, 6.07) is 7.10. The van der Waals surface area contributed by atoms with Crippen LogP contribution >= 0.6 is 18.7 Å². The van der Waals surface area contributed by atoms with Gasteiger partial charge in [0, 0.05) is 25.5 Å². The van der Waals surface area contributed by atoms with Gasteiger partial charge in [-0.1, -0.05) is 11.6 Å². The molecule has 1 aliphatic heterocycles. The molecule has 3 aromatic heterocycles. The molecule has 0 bridgehead atoms. The zero-order valence-electron chi connectivity index (χ0n) is 21.4. The molecule has 0 aliphatic carbocycles. The number of halogens is 1. The van der Waals surface area contributed by atoms with E-state index in [9.17, 15) is 13.0 Å². The molecule has 15 heteroatoms. The van der Waals surface area contributed by atoms with Gasteiger partial charge in [-0.05, 0) is 37.6 Å². The molecule has 12 nitrogen and oxygen atoms in total. The first kappa shape index (κ1) is 27.0. The minimum Gasteiger partial charge on any atom is -0.479 e. The van der Waals surface area contributed by atoms with E-state index in [1.54, 1.807) is 50.0 Å². The zero-order valence-corrected chi connectivity index (χ0v) is 23.9. The highest BCUT2D eigenvalue weighted by atomic mass is 35.5. The molecule has 1 aliphatic rings. The summed E-state index contributed by atoms with van der Waals surface area (Å²) in [7, 11) is -4.30. The number of pyridine rings is 1. The predicted octanol–water partition coefficient (Wildman–Crippen LogP) is 3.45. The van der Waals surface area contributed by atoms with Crippen molar-refractivity contribution in [2.24, 2.45) is 0 Å². The Morgan fingerprint density at radius 2 is 1.69 bits per heavy atom. The maximum Gasteiger partial charge on any atom is 0.239 e. The molecule has 1 saturated heterocycles. The van der Waals surface area contributed by atoms with Gasteiger partial charge in [0.15, 0.2) is 15.7 Å². The van der Waals surface area contributed by atoms with E-state index in [-0.39, 0.29) is 22.5 Å². The van der Waals surface area contributed by atoms with Crippen LogP contribution in [0.25, 0.3) is 11.0 Å². The lowest BCUT2D eigenvalue weighted by molar-refractivity contribution is 0.400. The molecule has 4 aromatic rings. The van der Waals surface area contributed by atoms with Crippen LogP contribution in [-0.2, 0) is 14.4 Å². The van der Waals surface area contributed by atoms with Gasteiger partial charge < -0.3 is 24.8 Å². The number of ether oxygens (including phenoxy) is 1. The lowest BCUT2D eigenvalue weighted by Crippen LogP contribution is -2.40. The lowest BCUT2D eigenvalue weighted by atomic mass is 10.2. The van der Waals surface area contributed by atoms with Crippen molar-refractivity contribution in [1.29, 1.82) is 0 Å². The topological polar surface area (TPSA) is 152 Å². The summed E-state index contributed by atoms with van der Waals surface area (Å²) in [4.78, 5) is 24.0. The number of rotatable bonds is 7. The second-order valence-corrected chi connectivity index (χ2v) is 15.1. The zero-order chi connectivity index (χ0) is 27.8. The summed E-state index contributed by atoms with van der Waals surface area (Å²) in [6.45, 7) is 4.07. The number of sulfone groups is 1. The fourth-order valence-corrected chi connectivity index (χ4v) is 6.96. The molecule has 39 heavy (non-hydrogen) atoms. The number of nitrogens with zero attached hydrogens (tertiary/aromatic N) is 6. The highest BCUT2D eigenvalue weighted by Gasteiger charge is 2.24. The van der Waals surface area contributed by atoms with Gasteiger partial charge in [0.25, 0.3) is 0 Å². The summed E-state index contributed by atoms with van der Waals surface area (Å²) >= 11 is 6.42. The number of anilines is 5. The Morgan fingerprint density at radius 1 is 0.974 bits per heavy atom. The van der Waals surface area contributed by atoms with Crippen molar-refractivity contribution >= 4 is 73.9 Å². The number of hydrogen-bond donors (Lipinski definition) is 2. The standard InChI is InChI=1S/C24H26ClN8O4PS/c1-37-23-18(6-7-19(31-23)33-10-12-39(35,36)13-11-33)30-24-28-14-15(25)22(32-24)29-17-5-4-16-20(27-9-8-26-16)21(17)38(2,3)34/h4-9,14H,10-13H2,1-3H3,(H2,28,29,30,32). The first-order chi connectivity index (χ1) is 18.5. The molecule has 0 saturated carbocycles. The molecule has 4 heterocycles. The van der Waals surface area contributed by atoms with Crippen LogP contribution in [0.5, 0.6) is 5.88 Å². The van der Waals surface area contributed by atoms with Crippen molar-refractivity contribution in [2.45, 2.75) is 0 Å². The average molecular weight is 589 g/mol. The molecule has 1 aromatic carbocycles. The van der Waals surface area contributed by atoms with Gasteiger partial charge in [-0.15, -0.1) is 0 Å². The molecule has 0 unspecified atom stereocenters. The van der Waals surface area contributed by atoms with Gasteiger partial charge in [0.2, 0.25) is 11.8 Å². The van der Waals surface area contributed by atoms with Crippen molar-refractivity contribution < 1.29 is 17.7 Å². The summed E-state index contributed by atoms with van der Waals surface area (Å²) in [5, 5.41) is 7.09. The van der Waals surface area contributed by atoms with Gasteiger partial charge in [0.1, 0.15) is 29.2 Å². The minimum absolute atomic E-state index is 0.0857. The third-order valence-corrected chi connectivity index (χ3v) is 9.52. The number of methoxy groups -OCH3 is 1. The fraction of sp³-hybridized carbons (Fsp3) is 0.292. The summed E-state index contributed by atoms with van der Waals surface area (Å²) in [5.74, 6) is 1.59. The number of aromatic nitrogens is 5. The van der Waals surface area contributed by atoms with Crippen molar-refractivity contribution in [2.75, 3.05) is 60.6 Å². The molecule has 0 spiro atoms. The van der Waals surface area contributed by atoms with Crippen molar-refractivity contribution in [3.8, 4) is 5.88 Å². The van der Waals surface area contributed by atoms with E-state index in [0.29, 0.717) is 58.3 Å². The monoisotopic (exact) mass is 588 g/mol. The van der Waals surface area contributed by atoms with Crippen LogP contribution < -0.4 is 25.6 Å². The molecule has 1 fully saturated rings. The van der Waals surface area contributed by atoms with Gasteiger partial charge >= 0.3 is 0 Å². The first-order valence-corrected chi connectivity index (χ1v) is 16.7. The second-order valence-electron chi connectivity index (χ2n) is 9.24. The first-order valence-electron chi connectivity index (χ1n) is 11.9. The molecular formula is C24H26ClN8O4PS. The highest BCUT2D eigenvalue weighted by molar-refractivity contribution is 7.91. The number of hydrogen-bond acceptors (Lipinski definition) is 12. The molecule has 0 atom stereocenters. The predicted molar refractivity (Wildman–Crippen MR) is 154 cm³/mol. The maximum atomic E-state index is 13.2. The van der Waals surface area contributed by atoms with Crippen LogP contribution in [0.2, 0.25) is 5.02 Å². The molecule has 5 rings (SSSR count). The van der Waals surface area contributed by atoms with Crippen LogP contribution in [0.4, 0.5) is 29.0 Å². The maximum absolute atomic E-state index is 13.2. The molecule has 204 valence electrons. The minimum atomic E-state index is -3.01. The third kappa shape index (κ3) is 5.90. The SMILES string of the molecule is COc1nc(N2CCS(=O)(=O)CC2)ccc1Nc1ncc(Cl)c(Nc2ccc3nccnc3c2P(C)(C)=O)n1. The van der Waals surface area contributed by atoms with Crippen LogP contribution in [0.1, 0.15) is 0 Å². The number of fused-ring (bicyclic) bond motifs is 1. The fourth-order valence-electron chi connectivity index (χ4n) is 4.23. The van der Waals surface area contributed by atoms with Gasteiger partial charge in [-0.25, -0.2) is 13.4 Å². The summed E-state index contributed by atoms with van der Waals surface area (Å²) in [5.41, 5.74) is 2.23. The lowest BCUT2D eigenvalue weighted by Gasteiger charge is -2.28. The van der Waals surface area contributed by atoms with Crippen LogP contribution in [-0.4, -0.2) is 78.4 Å². The third-order valence-electron chi connectivity index (χ3n) is 6.10. The van der Waals surface area contributed by atoms with E-state index in [0.717, 1.165) is 0 Å². The largest absolute Gasteiger partial charge is 0.479 e. The Morgan fingerprint density at radius 3 is 2.41 bits per heavy atom. The van der Waals surface area contributed by atoms with Crippen molar-refractivity contribution in [1.82, 2.24) is 24.9 Å². The van der Waals surface area contributed by atoms with E-state index < -0.39 is 17.0 Å². The van der Waals surface area contributed by atoms with Gasteiger partial charge in [-0.3, -0.25) is 9.97 Å². The summed E-state index contributed by atoms with van der Waals surface area (Å²) < 4.78 is 42.3. The Kier molecular flexibility index (Phi) is 7.32. The van der Waals surface area contributed by atoms with E-state index in [2.05, 4.69) is 35.6 Å². The average Bonchev–Trinajstić information content (AvgIpc) is 2.90. The molecule has 0 radical (unpaired) electrons. The Balaban J connectivity index is 1.43. The Hall–Kier alpha value is -3.54. The van der Waals surface area contributed by atoms with Crippen molar-refractivity contribution in [3.63, 3.8) is 0 Å². The van der Waals surface area contributed by atoms with Gasteiger partial charge in [-0.2, -0.15) is 9.97 Å². The van der Waals surface area contributed by atoms with Crippen LogP contribution in [0, 0.1) is 0 Å². The summed E-state index contributed by atoms with van der Waals surface area (Å²) in [6.07, 6.45) is 4.59. The van der Waals surface area contributed by atoms with Gasteiger partial charge in [0.05, 0.1) is 41.3 Å². The molecule has 0 amide bonds. The number of benzene rings is 1. The quantitative estimate of drug-likeness (QED) is 0.304. The highest BCUT2D eigenvalue weighted by Crippen LogP contribution is 2.41. The Bertz CT molecular complexity index is 1700. The molecule has 2 N–H and O–H groups in total. The van der Waals surface area contributed by atoms with Crippen molar-refractivity contribution in [3.05, 3.63) is 47.9 Å². The van der Waals surface area contributed by atoms with Crippen LogP contribution in [0.15, 0.2) is 42.9 Å². The normalized spacial score (nSPS) is 15.2. The van der Waals surface area contributed by atoms with Crippen LogP contribution in [0.3, 0.4) is 0 Å². The number of nitrogens with one attached hydrogen (secondary N) is 2. The van der Waals surface area contributed by atoms with E-state index >= 15 is 0 Å². The van der Waals surface area contributed by atoms with E-state index in [4.69, 9.17) is 16.3 Å². The van der Waals surface area contributed by atoms with E-state index in [1.165, 1.54) is 13.3 Å².